The molecular formula is C12H20N4O3S. The van der Waals surface area contributed by atoms with Crippen molar-refractivity contribution >= 4 is 16.0 Å². The summed E-state index contributed by atoms with van der Waals surface area (Å²) in [5.74, 6) is 0.799. The molecule has 0 aliphatic carbocycles. The number of nitrogens with zero attached hydrogens (tertiary/aromatic N) is 3. The van der Waals surface area contributed by atoms with Gasteiger partial charge in [0.2, 0.25) is 0 Å². The van der Waals surface area contributed by atoms with Crippen molar-refractivity contribution in [2.45, 2.75) is 6.54 Å². The lowest BCUT2D eigenvalue weighted by Gasteiger charge is -2.26. The number of pyridine rings is 1. The van der Waals surface area contributed by atoms with E-state index in [1.54, 1.807) is 12.3 Å². The molecule has 2 rings (SSSR count). The molecule has 112 valence electrons. The molecule has 0 unspecified atom stereocenters. The van der Waals surface area contributed by atoms with Gasteiger partial charge in [-0.05, 0) is 17.7 Å². The molecule has 1 fully saturated rings. The first-order valence-electron chi connectivity index (χ1n) is 6.44. The zero-order valence-electron chi connectivity index (χ0n) is 11.7. The highest BCUT2D eigenvalue weighted by Crippen LogP contribution is 2.10. The monoisotopic (exact) mass is 300 g/mol. The third-order valence-electron chi connectivity index (χ3n) is 3.04. The fraction of sp³-hybridized carbons (Fsp3) is 0.583. The van der Waals surface area contributed by atoms with E-state index < -0.39 is 10.2 Å². The molecule has 0 amide bonds. The number of rotatable bonds is 5. The van der Waals surface area contributed by atoms with E-state index in [0.717, 1.165) is 11.4 Å². The second-order valence-corrected chi connectivity index (χ2v) is 6.51. The van der Waals surface area contributed by atoms with Crippen LogP contribution in [0.25, 0.3) is 0 Å². The molecule has 8 heteroatoms. The summed E-state index contributed by atoms with van der Waals surface area (Å²) < 4.78 is 33.4. The van der Waals surface area contributed by atoms with Crippen LogP contribution in [0.1, 0.15) is 5.56 Å². The van der Waals surface area contributed by atoms with E-state index in [4.69, 9.17) is 4.74 Å². The van der Waals surface area contributed by atoms with Gasteiger partial charge in [-0.25, -0.2) is 4.98 Å². The van der Waals surface area contributed by atoms with Crippen LogP contribution in [0, 0.1) is 0 Å². The fourth-order valence-corrected chi connectivity index (χ4v) is 3.03. The summed E-state index contributed by atoms with van der Waals surface area (Å²) in [6.07, 6.45) is 1.67. The highest BCUT2D eigenvalue weighted by Gasteiger charge is 2.23. The van der Waals surface area contributed by atoms with Crippen molar-refractivity contribution < 1.29 is 13.2 Å². The molecule has 1 N–H and O–H groups in total. The van der Waals surface area contributed by atoms with Crippen LogP contribution in [0.5, 0.6) is 0 Å². The molecule has 1 saturated heterocycles. The maximum Gasteiger partial charge on any atom is 0.279 e. The van der Waals surface area contributed by atoms with Crippen LogP contribution in [0.4, 0.5) is 5.82 Å². The normalized spacial score (nSPS) is 17.1. The van der Waals surface area contributed by atoms with E-state index in [2.05, 4.69) is 9.71 Å². The van der Waals surface area contributed by atoms with E-state index in [1.165, 1.54) is 4.31 Å². The van der Waals surface area contributed by atoms with Crippen LogP contribution < -0.4 is 9.62 Å². The Bertz CT molecular complexity index is 541. The van der Waals surface area contributed by atoms with Gasteiger partial charge in [0.05, 0.1) is 13.2 Å². The van der Waals surface area contributed by atoms with Crippen LogP contribution in [0.2, 0.25) is 0 Å². The van der Waals surface area contributed by atoms with Gasteiger partial charge < -0.3 is 9.64 Å². The van der Waals surface area contributed by atoms with Crippen molar-refractivity contribution in [1.82, 2.24) is 14.0 Å². The zero-order chi connectivity index (χ0) is 14.6. The minimum Gasteiger partial charge on any atom is -0.379 e. The predicted octanol–water partition coefficient (Wildman–Crippen LogP) is -0.186. The van der Waals surface area contributed by atoms with Crippen molar-refractivity contribution in [3.63, 3.8) is 0 Å². The zero-order valence-corrected chi connectivity index (χ0v) is 12.6. The number of morpholine rings is 1. The van der Waals surface area contributed by atoms with Gasteiger partial charge in [0.25, 0.3) is 10.2 Å². The van der Waals surface area contributed by atoms with Crippen LogP contribution in [-0.2, 0) is 21.5 Å². The molecule has 0 atom stereocenters. The van der Waals surface area contributed by atoms with Gasteiger partial charge in [-0.3, -0.25) is 0 Å². The van der Waals surface area contributed by atoms with Gasteiger partial charge in [-0.15, -0.1) is 0 Å². The molecule has 1 aromatic rings. The van der Waals surface area contributed by atoms with E-state index in [1.807, 2.05) is 25.1 Å². The Morgan fingerprint density at radius 3 is 2.75 bits per heavy atom. The third kappa shape index (κ3) is 3.89. The summed E-state index contributed by atoms with van der Waals surface area (Å²) in [6.45, 7) is 1.94. The van der Waals surface area contributed by atoms with E-state index in [0.29, 0.717) is 26.3 Å². The van der Waals surface area contributed by atoms with Crippen LogP contribution in [0.15, 0.2) is 18.3 Å². The van der Waals surface area contributed by atoms with Gasteiger partial charge in [0.15, 0.2) is 0 Å². The summed E-state index contributed by atoms with van der Waals surface area (Å²) in [6, 6.07) is 3.66. The SMILES string of the molecule is CN(C)c1cc(CNS(=O)(=O)N2CCOCC2)ccn1. The minimum atomic E-state index is -3.45. The van der Waals surface area contributed by atoms with Gasteiger partial charge >= 0.3 is 0 Å². The van der Waals surface area contributed by atoms with Crippen LogP contribution >= 0.6 is 0 Å². The Morgan fingerprint density at radius 2 is 2.10 bits per heavy atom. The molecule has 0 aromatic carbocycles. The quantitative estimate of drug-likeness (QED) is 0.816. The summed E-state index contributed by atoms with van der Waals surface area (Å²) in [5.41, 5.74) is 0.875. The van der Waals surface area contributed by atoms with Crippen molar-refractivity contribution in [2.75, 3.05) is 45.3 Å². The second kappa shape index (κ2) is 6.49. The summed E-state index contributed by atoms with van der Waals surface area (Å²) >= 11 is 0. The first-order valence-corrected chi connectivity index (χ1v) is 7.88. The van der Waals surface area contributed by atoms with Crippen molar-refractivity contribution in [2.24, 2.45) is 0 Å². The molecule has 20 heavy (non-hydrogen) atoms. The maximum atomic E-state index is 12.1. The molecule has 7 nitrogen and oxygen atoms in total. The maximum absolute atomic E-state index is 12.1. The number of aromatic nitrogens is 1. The Balaban J connectivity index is 1.98. The Labute approximate surface area is 119 Å². The predicted molar refractivity (Wildman–Crippen MR) is 76.7 cm³/mol. The largest absolute Gasteiger partial charge is 0.379 e. The fourth-order valence-electron chi connectivity index (χ4n) is 1.87. The van der Waals surface area contributed by atoms with E-state index in [9.17, 15) is 8.42 Å². The van der Waals surface area contributed by atoms with E-state index in [-0.39, 0.29) is 6.54 Å². The molecule has 0 spiro atoms. The molecule has 2 heterocycles. The van der Waals surface area contributed by atoms with Gasteiger partial charge in [0.1, 0.15) is 5.82 Å². The summed E-state index contributed by atoms with van der Waals surface area (Å²) in [5, 5.41) is 0. The first-order chi connectivity index (χ1) is 9.49. The molecular weight excluding hydrogens is 280 g/mol. The molecule has 0 bridgehead atoms. The average molecular weight is 300 g/mol. The number of hydrogen-bond acceptors (Lipinski definition) is 5. The summed E-state index contributed by atoms with van der Waals surface area (Å²) in [4.78, 5) is 6.07. The number of hydrogen-bond donors (Lipinski definition) is 1. The smallest absolute Gasteiger partial charge is 0.279 e. The lowest BCUT2D eigenvalue weighted by molar-refractivity contribution is 0.0725. The number of nitrogens with one attached hydrogen (secondary N) is 1. The lowest BCUT2D eigenvalue weighted by atomic mass is 10.2. The summed E-state index contributed by atoms with van der Waals surface area (Å²) in [7, 11) is 0.340. The van der Waals surface area contributed by atoms with Gasteiger partial charge in [-0.1, -0.05) is 0 Å². The lowest BCUT2D eigenvalue weighted by Crippen LogP contribution is -2.46. The van der Waals surface area contributed by atoms with Crippen molar-refractivity contribution in [1.29, 1.82) is 0 Å². The molecule has 1 aromatic heterocycles. The Hall–Kier alpha value is -1.22. The minimum absolute atomic E-state index is 0.253. The van der Waals surface area contributed by atoms with E-state index >= 15 is 0 Å². The second-order valence-electron chi connectivity index (χ2n) is 4.75. The highest BCUT2D eigenvalue weighted by molar-refractivity contribution is 7.87. The number of ether oxygens (including phenoxy) is 1. The van der Waals surface area contributed by atoms with Gasteiger partial charge in [-0.2, -0.15) is 17.4 Å². The van der Waals surface area contributed by atoms with Gasteiger partial charge in [0, 0.05) is 39.9 Å². The topological polar surface area (TPSA) is 74.8 Å². The molecule has 0 saturated carbocycles. The average Bonchev–Trinajstić information content (AvgIpc) is 2.46. The Morgan fingerprint density at radius 1 is 1.40 bits per heavy atom. The Kier molecular flexibility index (Phi) is 4.92. The highest BCUT2D eigenvalue weighted by atomic mass is 32.2. The van der Waals surface area contributed by atoms with Crippen LogP contribution in [-0.4, -0.2) is 58.1 Å². The molecule has 1 aliphatic rings. The first kappa shape index (κ1) is 15.2. The number of anilines is 1. The molecule has 0 radical (unpaired) electrons. The van der Waals surface area contributed by atoms with Crippen molar-refractivity contribution in [3.8, 4) is 0 Å². The standard InChI is InChI=1S/C12H20N4O3S/c1-15(2)12-9-11(3-4-13-12)10-14-20(17,18)16-5-7-19-8-6-16/h3-4,9,14H,5-8,10H2,1-2H3. The van der Waals surface area contributed by atoms with Crippen LogP contribution in [0.3, 0.4) is 0 Å². The van der Waals surface area contributed by atoms with Crippen molar-refractivity contribution in [3.05, 3.63) is 23.9 Å². The third-order valence-corrected chi connectivity index (χ3v) is 4.59. The molecule has 1 aliphatic heterocycles.